The molecule has 2 rings (SSSR count). The fourth-order valence-corrected chi connectivity index (χ4v) is 3.36. The number of nitrogens with one attached hydrogen (secondary N) is 1. The van der Waals surface area contributed by atoms with Crippen LogP contribution in [0.5, 0.6) is 0 Å². The van der Waals surface area contributed by atoms with E-state index in [-0.39, 0.29) is 11.9 Å². The Labute approximate surface area is 136 Å². The lowest BCUT2D eigenvalue weighted by Gasteiger charge is -2.32. The second-order valence-corrected chi connectivity index (χ2v) is 7.36. The Morgan fingerprint density at radius 2 is 2.26 bits per heavy atom. The van der Waals surface area contributed by atoms with Crippen molar-refractivity contribution in [2.24, 2.45) is 0 Å². The standard InChI is InChI=1S/C16H19N3O3S/c1-23(21,22)18-15-6-3-9-19(12-15)16(20)8-7-13-4-2-5-14(10-13)11-17/h2,4-5,7-8,10,15,18H,3,6,9,12H2,1H3/b8-7+. The molecule has 1 aliphatic heterocycles. The summed E-state index contributed by atoms with van der Waals surface area (Å²) in [7, 11) is -3.27. The molecule has 1 saturated heterocycles. The zero-order valence-corrected chi connectivity index (χ0v) is 13.7. The minimum atomic E-state index is -3.27. The molecule has 1 heterocycles. The molecule has 1 aliphatic rings. The molecule has 0 aliphatic carbocycles. The van der Waals surface area contributed by atoms with E-state index in [0.717, 1.165) is 24.7 Å². The van der Waals surface area contributed by atoms with E-state index >= 15 is 0 Å². The van der Waals surface area contributed by atoms with Gasteiger partial charge in [-0.3, -0.25) is 4.79 Å². The highest BCUT2D eigenvalue weighted by molar-refractivity contribution is 7.88. The van der Waals surface area contributed by atoms with Crippen LogP contribution in [0.2, 0.25) is 0 Å². The number of amides is 1. The number of nitrogens with zero attached hydrogens (tertiary/aromatic N) is 2. The van der Waals surface area contributed by atoms with Crippen LogP contribution in [0.3, 0.4) is 0 Å². The fraction of sp³-hybridized carbons (Fsp3) is 0.375. The molecule has 1 N–H and O–H groups in total. The smallest absolute Gasteiger partial charge is 0.246 e. The summed E-state index contributed by atoms with van der Waals surface area (Å²) in [4.78, 5) is 13.9. The number of benzene rings is 1. The monoisotopic (exact) mass is 333 g/mol. The summed E-state index contributed by atoms with van der Waals surface area (Å²) in [6, 6.07) is 8.79. The van der Waals surface area contributed by atoms with Crippen LogP contribution in [0.4, 0.5) is 0 Å². The molecule has 1 atom stereocenters. The summed E-state index contributed by atoms with van der Waals surface area (Å²) in [6.45, 7) is 0.984. The van der Waals surface area contributed by atoms with Crippen molar-refractivity contribution in [1.82, 2.24) is 9.62 Å². The Morgan fingerprint density at radius 1 is 1.48 bits per heavy atom. The molecule has 0 saturated carbocycles. The Morgan fingerprint density at radius 3 is 2.96 bits per heavy atom. The SMILES string of the molecule is CS(=O)(=O)NC1CCCN(C(=O)/C=C/c2cccc(C#N)c2)C1. The maximum atomic E-state index is 12.2. The van der Waals surface area contributed by atoms with Crippen LogP contribution < -0.4 is 4.72 Å². The highest BCUT2D eigenvalue weighted by Crippen LogP contribution is 2.12. The lowest BCUT2D eigenvalue weighted by Crippen LogP contribution is -2.48. The number of rotatable bonds is 4. The van der Waals surface area contributed by atoms with Crippen molar-refractivity contribution in [2.45, 2.75) is 18.9 Å². The van der Waals surface area contributed by atoms with E-state index in [2.05, 4.69) is 10.8 Å². The first kappa shape index (κ1) is 17.2. The second-order valence-electron chi connectivity index (χ2n) is 5.58. The quantitative estimate of drug-likeness (QED) is 0.836. The molecule has 1 fully saturated rings. The second kappa shape index (κ2) is 7.40. The van der Waals surface area contributed by atoms with Crippen LogP contribution in [0.25, 0.3) is 6.08 Å². The zero-order valence-electron chi connectivity index (χ0n) is 12.9. The van der Waals surface area contributed by atoms with E-state index in [4.69, 9.17) is 5.26 Å². The van der Waals surface area contributed by atoms with Crippen molar-refractivity contribution >= 4 is 22.0 Å². The minimum Gasteiger partial charge on any atom is -0.338 e. The van der Waals surface area contributed by atoms with Gasteiger partial charge in [-0.2, -0.15) is 5.26 Å². The van der Waals surface area contributed by atoms with E-state index in [1.165, 1.54) is 6.08 Å². The van der Waals surface area contributed by atoms with Gasteiger partial charge in [0.2, 0.25) is 15.9 Å². The van der Waals surface area contributed by atoms with Crippen molar-refractivity contribution in [3.63, 3.8) is 0 Å². The number of piperidine rings is 1. The molecule has 7 heteroatoms. The van der Waals surface area contributed by atoms with E-state index in [9.17, 15) is 13.2 Å². The summed E-state index contributed by atoms with van der Waals surface area (Å²) < 4.78 is 25.1. The number of nitriles is 1. The fourth-order valence-electron chi connectivity index (χ4n) is 2.56. The van der Waals surface area contributed by atoms with Gasteiger partial charge < -0.3 is 4.90 Å². The first-order chi connectivity index (χ1) is 10.9. The number of carbonyl (C=O) groups is 1. The third-order valence-electron chi connectivity index (χ3n) is 3.55. The molecule has 0 aromatic heterocycles. The molecular weight excluding hydrogens is 314 g/mol. The van der Waals surface area contributed by atoms with Crippen LogP contribution in [0.15, 0.2) is 30.3 Å². The third kappa shape index (κ3) is 5.51. The Hall–Kier alpha value is -2.17. The molecule has 1 amide bonds. The molecule has 1 aromatic carbocycles. The van der Waals surface area contributed by atoms with Crippen LogP contribution in [-0.4, -0.2) is 44.6 Å². The summed E-state index contributed by atoms with van der Waals surface area (Å²) in [6.07, 6.45) is 5.73. The molecule has 0 spiro atoms. The van der Waals surface area contributed by atoms with Gasteiger partial charge >= 0.3 is 0 Å². The van der Waals surface area contributed by atoms with Gasteiger partial charge in [-0.05, 0) is 36.6 Å². The highest BCUT2D eigenvalue weighted by atomic mass is 32.2. The van der Waals surface area contributed by atoms with Crippen molar-refractivity contribution in [1.29, 1.82) is 5.26 Å². The summed E-state index contributed by atoms with van der Waals surface area (Å²) in [5, 5.41) is 8.86. The van der Waals surface area contributed by atoms with Crippen molar-refractivity contribution in [2.75, 3.05) is 19.3 Å². The van der Waals surface area contributed by atoms with E-state index in [0.29, 0.717) is 18.7 Å². The molecule has 0 bridgehead atoms. The molecule has 6 nitrogen and oxygen atoms in total. The lowest BCUT2D eigenvalue weighted by atomic mass is 10.1. The topological polar surface area (TPSA) is 90.3 Å². The average Bonchev–Trinajstić information content (AvgIpc) is 2.51. The number of carbonyl (C=O) groups excluding carboxylic acids is 1. The zero-order chi connectivity index (χ0) is 16.9. The molecule has 23 heavy (non-hydrogen) atoms. The predicted octanol–water partition coefficient (Wildman–Crippen LogP) is 1.11. The van der Waals surface area contributed by atoms with Gasteiger partial charge in [-0.1, -0.05) is 12.1 Å². The van der Waals surface area contributed by atoms with Gasteiger partial charge in [0.1, 0.15) is 0 Å². The van der Waals surface area contributed by atoms with Crippen LogP contribution >= 0.6 is 0 Å². The number of hydrogen-bond acceptors (Lipinski definition) is 4. The van der Waals surface area contributed by atoms with Gasteiger partial charge in [0.25, 0.3) is 0 Å². The Bertz CT molecular complexity index is 750. The highest BCUT2D eigenvalue weighted by Gasteiger charge is 2.24. The number of likely N-dealkylation sites (tertiary alicyclic amines) is 1. The van der Waals surface area contributed by atoms with Crippen LogP contribution in [0.1, 0.15) is 24.0 Å². The van der Waals surface area contributed by atoms with Gasteiger partial charge in [-0.25, -0.2) is 13.1 Å². The summed E-state index contributed by atoms with van der Waals surface area (Å²) in [5.41, 5.74) is 1.32. The Kier molecular flexibility index (Phi) is 5.53. The maximum absolute atomic E-state index is 12.2. The van der Waals surface area contributed by atoms with E-state index < -0.39 is 10.0 Å². The first-order valence-corrected chi connectivity index (χ1v) is 9.21. The third-order valence-corrected chi connectivity index (χ3v) is 4.31. The van der Waals surface area contributed by atoms with E-state index in [1.54, 1.807) is 29.2 Å². The Balaban J connectivity index is 1.99. The number of sulfonamides is 1. The lowest BCUT2D eigenvalue weighted by molar-refractivity contribution is -0.127. The largest absolute Gasteiger partial charge is 0.338 e. The van der Waals surface area contributed by atoms with Gasteiger partial charge in [0, 0.05) is 25.2 Å². The predicted molar refractivity (Wildman–Crippen MR) is 87.8 cm³/mol. The molecule has 0 radical (unpaired) electrons. The molecule has 122 valence electrons. The van der Waals surface area contributed by atoms with Crippen LogP contribution in [0, 0.1) is 11.3 Å². The maximum Gasteiger partial charge on any atom is 0.246 e. The van der Waals surface area contributed by atoms with Crippen molar-refractivity contribution in [3.05, 3.63) is 41.5 Å². The molecular formula is C16H19N3O3S. The van der Waals surface area contributed by atoms with Gasteiger partial charge in [0.05, 0.1) is 17.9 Å². The van der Waals surface area contributed by atoms with E-state index in [1.807, 2.05) is 6.07 Å². The van der Waals surface area contributed by atoms with Crippen LogP contribution in [-0.2, 0) is 14.8 Å². The number of hydrogen-bond donors (Lipinski definition) is 1. The summed E-state index contributed by atoms with van der Waals surface area (Å²) >= 11 is 0. The first-order valence-electron chi connectivity index (χ1n) is 7.32. The van der Waals surface area contributed by atoms with Gasteiger partial charge in [-0.15, -0.1) is 0 Å². The summed E-state index contributed by atoms with van der Waals surface area (Å²) in [5.74, 6) is -0.160. The normalized spacial score (nSPS) is 18.8. The van der Waals surface area contributed by atoms with Crippen molar-refractivity contribution < 1.29 is 13.2 Å². The minimum absolute atomic E-state index is 0.160. The average molecular weight is 333 g/mol. The molecule has 1 unspecified atom stereocenters. The molecule has 1 aromatic rings. The van der Waals surface area contributed by atoms with Crippen molar-refractivity contribution in [3.8, 4) is 6.07 Å². The van der Waals surface area contributed by atoms with Gasteiger partial charge in [0.15, 0.2) is 0 Å².